The van der Waals surface area contributed by atoms with Crippen LogP contribution in [-0.4, -0.2) is 37.3 Å². The highest BCUT2D eigenvalue weighted by molar-refractivity contribution is 5.69. The lowest BCUT2D eigenvalue weighted by atomic mass is 10.0. The molecule has 0 aliphatic carbocycles. The molecule has 116 valence electrons. The fourth-order valence-corrected chi connectivity index (χ4v) is 2.49. The molecule has 1 aliphatic heterocycles. The van der Waals surface area contributed by atoms with Crippen LogP contribution in [-0.2, 0) is 11.3 Å². The first kappa shape index (κ1) is 15.6. The van der Waals surface area contributed by atoms with E-state index in [1.807, 2.05) is 13.0 Å². The number of cyclic esters (lactones) is 1. The Morgan fingerprint density at radius 3 is 2.86 bits per heavy atom. The highest BCUT2D eigenvalue weighted by atomic mass is 16.6. The van der Waals surface area contributed by atoms with Gasteiger partial charge in [0.05, 0.1) is 19.7 Å². The molecule has 1 fully saturated rings. The number of carbonyl (C=O) groups excluding carboxylic acids is 1. The number of rotatable bonds is 7. The zero-order chi connectivity index (χ0) is 15.2. The number of benzene rings is 1. The summed E-state index contributed by atoms with van der Waals surface area (Å²) in [6.07, 6.45) is -0.248. The second-order valence-corrected chi connectivity index (χ2v) is 5.12. The van der Waals surface area contributed by atoms with Gasteiger partial charge in [-0.05, 0) is 38.1 Å². The van der Waals surface area contributed by atoms with Crippen LogP contribution in [0, 0.1) is 0 Å². The average molecular weight is 292 g/mol. The fourth-order valence-electron chi connectivity index (χ4n) is 2.49. The predicted octanol–water partition coefficient (Wildman–Crippen LogP) is 2.71. The highest BCUT2D eigenvalue weighted by Crippen LogP contribution is 2.26. The van der Waals surface area contributed by atoms with Crippen LogP contribution in [0.4, 0.5) is 4.79 Å². The summed E-state index contributed by atoms with van der Waals surface area (Å²) in [7, 11) is 0. The van der Waals surface area contributed by atoms with Crippen molar-refractivity contribution < 1.29 is 14.3 Å². The van der Waals surface area contributed by atoms with Crippen LogP contribution in [0.5, 0.6) is 5.75 Å². The average Bonchev–Trinajstić information content (AvgIpc) is 2.86. The van der Waals surface area contributed by atoms with Crippen LogP contribution < -0.4 is 10.1 Å². The number of carbonyl (C=O) groups is 1. The van der Waals surface area contributed by atoms with Crippen molar-refractivity contribution in [1.82, 2.24) is 10.2 Å². The number of hydrogen-bond acceptors (Lipinski definition) is 4. The van der Waals surface area contributed by atoms with Crippen LogP contribution in [0.3, 0.4) is 0 Å². The van der Waals surface area contributed by atoms with Crippen molar-refractivity contribution in [2.45, 2.75) is 33.4 Å². The zero-order valence-electron chi connectivity index (χ0n) is 13.0. The molecule has 2 rings (SSSR count). The summed E-state index contributed by atoms with van der Waals surface area (Å²) in [5.74, 6) is 0.838. The van der Waals surface area contributed by atoms with E-state index in [2.05, 4.69) is 31.3 Å². The van der Waals surface area contributed by atoms with Crippen molar-refractivity contribution in [3.8, 4) is 5.75 Å². The Morgan fingerprint density at radius 1 is 1.43 bits per heavy atom. The monoisotopic (exact) mass is 292 g/mol. The lowest BCUT2D eigenvalue weighted by Gasteiger charge is -2.19. The maximum absolute atomic E-state index is 11.6. The van der Waals surface area contributed by atoms with Crippen LogP contribution in [0.2, 0.25) is 0 Å². The van der Waals surface area contributed by atoms with Gasteiger partial charge in [0.25, 0.3) is 0 Å². The van der Waals surface area contributed by atoms with E-state index in [1.165, 1.54) is 5.56 Å². The molecular formula is C16H24N2O3. The molecule has 1 aromatic rings. The van der Waals surface area contributed by atoms with Crippen LogP contribution in [0.25, 0.3) is 0 Å². The molecule has 1 unspecified atom stereocenters. The van der Waals surface area contributed by atoms with Gasteiger partial charge in [0.1, 0.15) is 12.4 Å². The number of amides is 1. The number of hydrogen-bond donors (Lipinski definition) is 1. The summed E-state index contributed by atoms with van der Waals surface area (Å²) >= 11 is 0. The molecule has 21 heavy (non-hydrogen) atoms. The summed E-state index contributed by atoms with van der Waals surface area (Å²) in [6.45, 7) is 9.35. The molecule has 0 saturated carbocycles. The molecule has 5 nitrogen and oxygen atoms in total. The molecule has 5 heteroatoms. The molecular weight excluding hydrogens is 268 g/mol. The Hall–Kier alpha value is -1.75. The van der Waals surface area contributed by atoms with Crippen molar-refractivity contribution in [1.29, 1.82) is 0 Å². The normalized spacial score (nSPS) is 16.0. The van der Waals surface area contributed by atoms with Gasteiger partial charge in [0, 0.05) is 11.6 Å². The van der Waals surface area contributed by atoms with Crippen LogP contribution in [0.15, 0.2) is 18.2 Å². The van der Waals surface area contributed by atoms with Gasteiger partial charge in [-0.25, -0.2) is 4.79 Å². The minimum Gasteiger partial charge on any atom is -0.494 e. The molecule has 1 heterocycles. The minimum absolute atomic E-state index is 0.248. The first-order valence-electron chi connectivity index (χ1n) is 7.56. The SMILES string of the molecule is CCNC(C)c1ccc(OCC)c(CN2CCOC2=O)c1. The third-order valence-electron chi connectivity index (χ3n) is 3.60. The third-order valence-corrected chi connectivity index (χ3v) is 3.60. The second-order valence-electron chi connectivity index (χ2n) is 5.12. The molecule has 0 bridgehead atoms. The van der Waals surface area contributed by atoms with Crippen molar-refractivity contribution in [3.05, 3.63) is 29.3 Å². The summed E-state index contributed by atoms with van der Waals surface area (Å²) in [6, 6.07) is 6.45. The van der Waals surface area contributed by atoms with Crippen LogP contribution in [0.1, 0.15) is 37.9 Å². The Bertz CT molecular complexity index is 490. The van der Waals surface area contributed by atoms with Gasteiger partial charge in [-0.3, -0.25) is 0 Å². The summed E-state index contributed by atoms with van der Waals surface area (Å²) in [5, 5.41) is 3.40. The van der Waals surface area contributed by atoms with Crippen molar-refractivity contribution in [2.24, 2.45) is 0 Å². The van der Waals surface area contributed by atoms with Gasteiger partial charge in [0.15, 0.2) is 0 Å². The van der Waals surface area contributed by atoms with E-state index in [1.54, 1.807) is 4.90 Å². The summed E-state index contributed by atoms with van der Waals surface area (Å²) < 4.78 is 10.7. The maximum atomic E-state index is 11.6. The smallest absolute Gasteiger partial charge is 0.410 e. The minimum atomic E-state index is -0.248. The molecule has 0 spiro atoms. The van der Waals surface area contributed by atoms with Gasteiger partial charge < -0.3 is 19.7 Å². The van der Waals surface area contributed by atoms with E-state index in [4.69, 9.17) is 9.47 Å². The molecule has 1 saturated heterocycles. The molecule has 1 N–H and O–H groups in total. The first-order chi connectivity index (χ1) is 10.2. The number of nitrogens with zero attached hydrogens (tertiary/aromatic N) is 1. The highest BCUT2D eigenvalue weighted by Gasteiger charge is 2.23. The lowest BCUT2D eigenvalue weighted by molar-refractivity contribution is 0.157. The molecule has 1 amide bonds. The summed E-state index contributed by atoms with van der Waals surface area (Å²) in [4.78, 5) is 13.3. The Morgan fingerprint density at radius 2 is 2.24 bits per heavy atom. The van der Waals surface area contributed by atoms with Gasteiger partial charge in [-0.1, -0.05) is 13.0 Å². The third kappa shape index (κ3) is 3.88. The Balaban J connectivity index is 2.21. The fraction of sp³-hybridized carbons (Fsp3) is 0.562. The first-order valence-corrected chi connectivity index (χ1v) is 7.56. The van der Waals surface area contributed by atoms with E-state index in [-0.39, 0.29) is 12.1 Å². The molecule has 1 aromatic carbocycles. The quantitative estimate of drug-likeness (QED) is 0.839. The topological polar surface area (TPSA) is 50.8 Å². The Kier molecular flexibility index (Phi) is 5.44. The molecule has 1 aliphatic rings. The van der Waals surface area contributed by atoms with Gasteiger partial charge >= 0.3 is 6.09 Å². The Labute approximate surface area is 126 Å². The van der Waals surface area contributed by atoms with E-state index in [9.17, 15) is 4.79 Å². The van der Waals surface area contributed by atoms with E-state index >= 15 is 0 Å². The van der Waals surface area contributed by atoms with Crippen molar-refractivity contribution >= 4 is 6.09 Å². The summed E-state index contributed by atoms with van der Waals surface area (Å²) in [5.41, 5.74) is 2.22. The van der Waals surface area contributed by atoms with Crippen LogP contribution >= 0.6 is 0 Å². The standard InChI is InChI=1S/C16H24N2O3/c1-4-17-12(3)13-6-7-15(20-5-2)14(10-13)11-18-8-9-21-16(18)19/h6-7,10,12,17H,4-5,8-9,11H2,1-3H3. The maximum Gasteiger partial charge on any atom is 0.410 e. The van der Waals surface area contributed by atoms with E-state index < -0.39 is 0 Å². The van der Waals surface area contributed by atoms with Gasteiger partial charge in [-0.15, -0.1) is 0 Å². The van der Waals surface area contributed by atoms with Crippen molar-refractivity contribution in [3.63, 3.8) is 0 Å². The van der Waals surface area contributed by atoms with E-state index in [0.29, 0.717) is 26.3 Å². The number of ether oxygens (including phenoxy) is 2. The van der Waals surface area contributed by atoms with Gasteiger partial charge in [0.2, 0.25) is 0 Å². The predicted molar refractivity (Wildman–Crippen MR) is 81.5 cm³/mol. The molecule has 0 radical (unpaired) electrons. The second kappa shape index (κ2) is 7.31. The number of nitrogens with one attached hydrogen (secondary N) is 1. The molecule has 0 aromatic heterocycles. The van der Waals surface area contributed by atoms with Crippen molar-refractivity contribution in [2.75, 3.05) is 26.3 Å². The van der Waals surface area contributed by atoms with Gasteiger partial charge in [-0.2, -0.15) is 0 Å². The lowest BCUT2D eigenvalue weighted by Crippen LogP contribution is -2.24. The van der Waals surface area contributed by atoms with E-state index in [0.717, 1.165) is 17.9 Å². The zero-order valence-corrected chi connectivity index (χ0v) is 13.0. The molecule has 1 atom stereocenters. The largest absolute Gasteiger partial charge is 0.494 e.